The van der Waals surface area contributed by atoms with Crippen LogP contribution in [0, 0.1) is 6.92 Å². The van der Waals surface area contributed by atoms with Crippen LogP contribution in [0.1, 0.15) is 22.8 Å². The third kappa shape index (κ3) is 3.28. The van der Waals surface area contributed by atoms with Gasteiger partial charge in [0.2, 0.25) is 10.0 Å². The van der Waals surface area contributed by atoms with E-state index < -0.39 is 15.9 Å². The molecule has 0 aliphatic rings. The topological polar surface area (TPSA) is 84.5 Å². The van der Waals surface area contributed by atoms with E-state index in [-0.39, 0.29) is 10.5 Å². The Morgan fingerprint density at radius 2 is 2.06 bits per heavy atom. The van der Waals surface area contributed by atoms with Gasteiger partial charge in [0.1, 0.15) is 0 Å². The Labute approximate surface area is 106 Å². The minimum Gasteiger partial charge on any atom is -0.274 e. The SMILES string of the molecule is CCONC(=O)c1cc(S(=O)(=O)NC)ccc1C. The van der Waals surface area contributed by atoms with Gasteiger partial charge in [-0.15, -0.1) is 0 Å². The fourth-order valence-electron chi connectivity index (χ4n) is 1.32. The summed E-state index contributed by atoms with van der Waals surface area (Å²) in [5.74, 6) is -0.470. The molecular weight excluding hydrogens is 256 g/mol. The molecule has 100 valence electrons. The van der Waals surface area contributed by atoms with Crippen LogP contribution in [0.5, 0.6) is 0 Å². The summed E-state index contributed by atoms with van der Waals surface area (Å²) in [5, 5.41) is 0. The number of sulfonamides is 1. The predicted octanol–water partition coefficient (Wildman–Crippen LogP) is 0.584. The number of carbonyl (C=O) groups excluding carboxylic acids is 1. The van der Waals surface area contributed by atoms with Crippen molar-refractivity contribution in [3.63, 3.8) is 0 Å². The van der Waals surface area contributed by atoms with Crippen LogP contribution in [0.15, 0.2) is 23.1 Å². The summed E-state index contributed by atoms with van der Waals surface area (Å²) in [6, 6.07) is 4.33. The van der Waals surface area contributed by atoms with Gasteiger partial charge >= 0.3 is 0 Å². The zero-order valence-electron chi connectivity index (χ0n) is 10.5. The smallest absolute Gasteiger partial charge is 0.274 e. The zero-order chi connectivity index (χ0) is 13.8. The van der Waals surface area contributed by atoms with E-state index in [1.165, 1.54) is 19.2 Å². The summed E-state index contributed by atoms with van der Waals surface area (Å²) in [7, 11) is -2.25. The molecule has 7 heteroatoms. The first kappa shape index (κ1) is 14.6. The molecule has 0 aliphatic carbocycles. The lowest BCUT2D eigenvalue weighted by atomic mass is 10.1. The van der Waals surface area contributed by atoms with Crippen LogP contribution in [0.3, 0.4) is 0 Å². The van der Waals surface area contributed by atoms with Crippen LogP contribution in [0.4, 0.5) is 0 Å². The van der Waals surface area contributed by atoms with Crippen LogP contribution in [0.2, 0.25) is 0 Å². The standard InChI is InChI=1S/C11H16N2O4S/c1-4-17-13-11(14)10-7-9(6-5-8(10)2)18(15,16)12-3/h5-7,12H,4H2,1-3H3,(H,13,14). The molecule has 1 aromatic rings. The van der Waals surface area contributed by atoms with Crippen LogP contribution < -0.4 is 10.2 Å². The second kappa shape index (κ2) is 5.94. The van der Waals surface area contributed by atoms with Gasteiger partial charge < -0.3 is 0 Å². The Bertz CT molecular complexity index is 540. The molecule has 1 rings (SSSR count). The van der Waals surface area contributed by atoms with Crippen molar-refractivity contribution in [2.75, 3.05) is 13.7 Å². The zero-order valence-corrected chi connectivity index (χ0v) is 11.3. The first-order valence-corrected chi connectivity index (χ1v) is 6.87. The molecule has 6 nitrogen and oxygen atoms in total. The van der Waals surface area contributed by atoms with E-state index in [4.69, 9.17) is 4.84 Å². The van der Waals surface area contributed by atoms with E-state index in [9.17, 15) is 13.2 Å². The first-order chi connectivity index (χ1) is 8.42. The van der Waals surface area contributed by atoms with Gasteiger partial charge in [-0.25, -0.2) is 18.6 Å². The number of aryl methyl sites for hydroxylation is 1. The lowest BCUT2D eigenvalue weighted by Crippen LogP contribution is -2.25. The predicted molar refractivity (Wildman–Crippen MR) is 66.5 cm³/mol. The van der Waals surface area contributed by atoms with Gasteiger partial charge in [0.15, 0.2) is 0 Å². The van der Waals surface area contributed by atoms with Gasteiger partial charge in [-0.2, -0.15) is 0 Å². The molecule has 18 heavy (non-hydrogen) atoms. The summed E-state index contributed by atoms with van der Waals surface area (Å²) in [6.07, 6.45) is 0. The summed E-state index contributed by atoms with van der Waals surface area (Å²) in [5.41, 5.74) is 3.16. The quantitative estimate of drug-likeness (QED) is 0.768. The van der Waals surface area contributed by atoms with Crippen molar-refractivity contribution < 1.29 is 18.0 Å². The van der Waals surface area contributed by atoms with Gasteiger partial charge in [0, 0.05) is 5.56 Å². The van der Waals surface area contributed by atoms with Crippen molar-refractivity contribution >= 4 is 15.9 Å². The fourth-order valence-corrected chi connectivity index (χ4v) is 2.08. The van der Waals surface area contributed by atoms with Crippen molar-refractivity contribution in [3.8, 4) is 0 Å². The maximum absolute atomic E-state index is 11.7. The molecular formula is C11H16N2O4S. The van der Waals surface area contributed by atoms with E-state index in [0.717, 1.165) is 0 Å². The molecule has 0 aromatic heterocycles. The highest BCUT2D eigenvalue weighted by Gasteiger charge is 2.16. The number of amides is 1. The molecule has 0 heterocycles. The minimum atomic E-state index is -3.56. The highest BCUT2D eigenvalue weighted by Crippen LogP contribution is 2.15. The van der Waals surface area contributed by atoms with Gasteiger partial charge in [-0.3, -0.25) is 9.63 Å². The highest BCUT2D eigenvalue weighted by molar-refractivity contribution is 7.89. The number of hydroxylamine groups is 1. The van der Waals surface area contributed by atoms with E-state index in [1.807, 2.05) is 0 Å². The van der Waals surface area contributed by atoms with Crippen LogP contribution in [-0.2, 0) is 14.9 Å². The van der Waals surface area contributed by atoms with Gasteiger partial charge in [-0.1, -0.05) is 6.07 Å². The first-order valence-electron chi connectivity index (χ1n) is 5.38. The second-order valence-electron chi connectivity index (χ2n) is 3.55. The summed E-state index contributed by atoms with van der Waals surface area (Å²) in [4.78, 5) is 16.6. The van der Waals surface area contributed by atoms with Crippen molar-refractivity contribution in [1.82, 2.24) is 10.2 Å². The van der Waals surface area contributed by atoms with Gasteiger partial charge in [0.25, 0.3) is 5.91 Å². The molecule has 0 radical (unpaired) electrons. The van der Waals surface area contributed by atoms with Crippen molar-refractivity contribution in [1.29, 1.82) is 0 Å². The largest absolute Gasteiger partial charge is 0.275 e. The van der Waals surface area contributed by atoms with Gasteiger partial charge in [0.05, 0.1) is 11.5 Å². The van der Waals surface area contributed by atoms with Crippen molar-refractivity contribution in [2.24, 2.45) is 0 Å². The molecule has 1 aromatic carbocycles. The fraction of sp³-hybridized carbons (Fsp3) is 0.364. The third-order valence-electron chi connectivity index (χ3n) is 2.34. The number of rotatable bonds is 5. The van der Waals surface area contributed by atoms with Crippen molar-refractivity contribution in [3.05, 3.63) is 29.3 Å². The molecule has 0 aliphatic heterocycles. The summed E-state index contributed by atoms with van der Waals surface area (Å²) >= 11 is 0. The molecule has 2 N–H and O–H groups in total. The molecule has 0 spiro atoms. The maximum Gasteiger partial charge on any atom is 0.275 e. The number of carbonyl (C=O) groups is 1. The Morgan fingerprint density at radius 1 is 1.39 bits per heavy atom. The lowest BCUT2D eigenvalue weighted by molar-refractivity contribution is 0.0364. The molecule has 0 fully saturated rings. The minimum absolute atomic E-state index is 0.0391. The van der Waals surface area contributed by atoms with Crippen LogP contribution in [-0.4, -0.2) is 28.0 Å². The number of benzene rings is 1. The average Bonchev–Trinajstić information content (AvgIpc) is 2.36. The van der Waals surface area contributed by atoms with Crippen LogP contribution >= 0.6 is 0 Å². The average molecular weight is 272 g/mol. The monoisotopic (exact) mass is 272 g/mol. The third-order valence-corrected chi connectivity index (χ3v) is 3.75. The van der Waals surface area contributed by atoms with E-state index in [1.54, 1.807) is 19.9 Å². The summed E-state index contributed by atoms with van der Waals surface area (Å²) < 4.78 is 25.4. The Kier molecular flexibility index (Phi) is 4.83. The Hall–Kier alpha value is -1.44. The molecule has 0 saturated carbocycles. The summed E-state index contributed by atoms with van der Waals surface area (Å²) in [6.45, 7) is 3.78. The lowest BCUT2D eigenvalue weighted by Gasteiger charge is -2.09. The number of nitrogens with one attached hydrogen (secondary N) is 2. The second-order valence-corrected chi connectivity index (χ2v) is 5.44. The molecule has 1 amide bonds. The van der Waals surface area contributed by atoms with Gasteiger partial charge in [-0.05, 0) is 38.6 Å². The molecule has 0 bridgehead atoms. The Morgan fingerprint density at radius 3 is 2.61 bits per heavy atom. The van der Waals surface area contributed by atoms with E-state index >= 15 is 0 Å². The molecule has 0 unspecified atom stereocenters. The Balaban J connectivity index is 3.13. The van der Waals surface area contributed by atoms with Crippen LogP contribution in [0.25, 0.3) is 0 Å². The molecule has 0 saturated heterocycles. The normalized spacial score (nSPS) is 11.3. The number of hydrogen-bond donors (Lipinski definition) is 2. The maximum atomic E-state index is 11.7. The van der Waals surface area contributed by atoms with Crippen molar-refractivity contribution in [2.45, 2.75) is 18.7 Å². The molecule has 0 atom stereocenters. The van der Waals surface area contributed by atoms with E-state index in [0.29, 0.717) is 12.2 Å². The highest BCUT2D eigenvalue weighted by atomic mass is 32.2. The van der Waals surface area contributed by atoms with E-state index in [2.05, 4.69) is 10.2 Å². The number of hydrogen-bond acceptors (Lipinski definition) is 4.